The van der Waals surface area contributed by atoms with Crippen LogP contribution in [0.4, 0.5) is 5.00 Å². The van der Waals surface area contributed by atoms with Crippen molar-refractivity contribution in [2.45, 2.75) is 46.0 Å². The standard InChI is InChI=1S/C13H17NO3.C10H15NS/c1-12(16)17-10-9-14(11-15)8-7-13-5-3-2-4-6-13;1-7-8-5-3-4-6-9(8)12-10(7)11-2/h2-6,11H,7-10H2,1H3;11H,3-6H2,1-2H3. The van der Waals surface area contributed by atoms with Gasteiger partial charge < -0.3 is 15.0 Å². The van der Waals surface area contributed by atoms with Crippen LogP contribution in [0.2, 0.25) is 0 Å². The van der Waals surface area contributed by atoms with Gasteiger partial charge in [0, 0.05) is 25.4 Å². The van der Waals surface area contributed by atoms with Crippen LogP contribution in [0.25, 0.3) is 0 Å². The third-order valence-corrected chi connectivity index (χ3v) is 6.44. The Morgan fingerprint density at radius 3 is 2.55 bits per heavy atom. The number of anilines is 1. The number of rotatable bonds is 8. The lowest BCUT2D eigenvalue weighted by molar-refractivity contribution is -0.142. The molecule has 5 nitrogen and oxygen atoms in total. The summed E-state index contributed by atoms with van der Waals surface area (Å²) in [4.78, 5) is 24.6. The molecule has 1 aromatic carbocycles. The average molecular weight is 417 g/mol. The number of thiophene rings is 1. The summed E-state index contributed by atoms with van der Waals surface area (Å²) >= 11 is 1.95. The molecule has 1 aromatic heterocycles. The van der Waals surface area contributed by atoms with Gasteiger partial charge in [0.05, 0.1) is 11.5 Å². The molecule has 0 radical (unpaired) electrons. The van der Waals surface area contributed by atoms with Crippen LogP contribution in [0, 0.1) is 6.92 Å². The molecule has 0 fully saturated rings. The number of amides is 1. The Bertz CT molecular complexity index is 774. The van der Waals surface area contributed by atoms with Crippen molar-refractivity contribution < 1.29 is 14.3 Å². The van der Waals surface area contributed by atoms with Crippen LogP contribution in [-0.2, 0) is 33.6 Å². The lowest BCUT2D eigenvalue weighted by Gasteiger charge is -2.16. The van der Waals surface area contributed by atoms with Gasteiger partial charge in [-0.2, -0.15) is 0 Å². The smallest absolute Gasteiger partial charge is 0.302 e. The Morgan fingerprint density at radius 2 is 1.93 bits per heavy atom. The number of hydrogen-bond acceptors (Lipinski definition) is 5. The number of fused-ring (bicyclic) bond motifs is 1. The van der Waals surface area contributed by atoms with Crippen LogP contribution in [0.3, 0.4) is 0 Å². The summed E-state index contributed by atoms with van der Waals surface area (Å²) in [5.74, 6) is -0.320. The average Bonchev–Trinajstić information content (AvgIpc) is 3.07. The first kappa shape index (κ1) is 22.9. The van der Waals surface area contributed by atoms with E-state index in [9.17, 15) is 9.59 Å². The van der Waals surface area contributed by atoms with Gasteiger partial charge in [0.25, 0.3) is 0 Å². The van der Waals surface area contributed by atoms with Gasteiger partial charge in [-0.15, -0.1) is 11.3 Å². The summed E-state index contributed by atoms with van der Waals surface area (Å²) in [6, 6.07) is 9.95. The fraction of sp³-hybridized carbons (Fsp3) is 0.478. The summed E-state index contributed by atoms with van der Waals surface area (Å²) in [6.45, 7) is 4.93. The van der Waals surface area contributed by atoms with Gasteiger partial charge in [0.15, 0.2) is 0 Å². The van der Waals surface area contributed by atoms with E-state index in [1.165, 1.54) is 48.7 Å². The Hall–Kier alpha value is -2.34. The first-order valence-electron chi connectivity index (χ1n) is 10.2. The van der Waals surface area contributed by atoms with E-state index < -0.39 is 0 Å². The molecule has 1 amide bonds. The van der Waals surface area contributed by atoms with E-state index in [-0.39, 0.29) is 12.6 Å². The molecule has 1 aliphatic rings. The van der Waals surface area contributed by atoms with Gasteiger partial charge in [-0.1, -0.05) is 30.3 Å². The normalized spacial score (nSPS) is 12.2. The number of carbonyl (C=O) groups excluding carboxylic acids is 2. The minimum absolute atomic E-state index is 0.253. The summed E-state index contributed by atoms with van der Waals surface area (Å²) in [7, 11) is 2.02. The van der Waals surface area contributed by atoms with Crippen LogP contribution in [0.1, 0.15) is 41.3 Å². The number of ether oxygens (including phenoxy) is 1. The van der Waals surface area contributed by atoms with Gasteiger partial charge in [0.1, 0.15) is 6.61 Å². The van der Waals surface area contributed by atoms with Gasteiger partial charge >= 0.3 is 5.97 Å². The molecule has 2 aromatic rings. The number of hydrogen-bond donors (Lipinski definition) is 1. The Kier molecular flexibility index (Phi) is 9.71. The van der Waals surface area contributed by atoms with E-state index in [0.717, 1.165) is 12.8 Å². The Balaban J connectivity index is 0.000000218. The molecular formula is C23H32N2O3S. The highest BCUT2D eigenvalue weighted by atomic mass is 32.1. The van der Waals surface area contributed by atoms with Gasteiger partial charge in [0.2, 0.25) is 6.41 Å². The van der Waals surface area contributed by atoms with Crippen LogP contribution in [0.5, 0.6) is 0 Å². The Labute approximate surface area is 178 Å². The second kappa shape index (κ2) is 12.3. The maximum Gasteiger partial charge on any atom is 0.302 e. The molecular weight excluding hydrogens is 384 g/mol. The molecule has 0 aliphatic heterocycles. The quantitative estimate of drug-likeness (QED) is 0.517. The molecule has 0 spiro atoms. The highest BCUT2D eigenvalue weighted by molar-refractivity contribution is 7.16. The van der Waals surface area contributed by atoms with Crippen LogP contribution in [-0.4, -0.2) is 44.0 Å². The number of benzene rings is 1. The zero-order valence-corrected chi connectivity index (χ0v) is 18.5. The highest BCUT2D eigenvalue weighted by Gasteiger charge is 2.16. The fourth-order valence-electron chi connectivity index (χ4n) is 3.40. The van der Waals surface area contributed by atoms with Crippen LogP contribution in [0.15, 0.2) is 30.3 Å². The molecule has 29 heavy (non-hydrogen) atoms. The second-order valence-corrected chi connectivity index (χ2v) is 8.24. The summed E-state index contributed by atoms with van der Waals surface area (Å²) in [5.41, 5.74) is 4.32. The maximum atomic E-state index is 10.8. The minimum atomic E-state index is -0.320. The molecule has 3 rings (SSSR count). The van der Waals surface area contributed by atoms with Crippen molar-refractivity contribution in [3.05, 3.63) is 51.9 Å². The van der Waals surface area contributed by atoms with Crippen molar-refractivity contribution in [2.75, 3.05) is 32.1 Å². The van der Waals surface area contributed by atoms with E-state index in [1.807, 2.05) is 48.7 Å². The van der Waals surface area contributed by atoms with E-state index in [4.69, 9.17) is 4.74 Å². The number of nitrogens with one attached hydrogen (secondary N) is 1. The molecule has 1 N–H and O–H groups in total. The van der Waals surface area contributed by atoms with Crippen molar-refractivity contribution >= 4 is 28.7 Å². The molecule has 1 aliphatic carbocycles. The molecule has 1 heterocycles. The van der Waals surface area contributed by atoms with Crippen molar-refractivity contribution in [3.63, 3.8) is 0 Å². The molecule has 6 heteroatoms. The Morgan fingerprint density at radius 1 is 1.21 bits per heavy atom. The predicted molar refractivity (Wildman–Crippen MR) is 120 cm³/mol. The zero-order valence-electron chi connectivity index (χ0n) is 17.7. The molecule has 0 bridgehead atoms. The van der Waals surface area contributed by atoms with Gasteiger partial charge in [-0.05, 0) is 55.7 Å². The minimum Gasteiger partial charge on any atom is -0.464 e. The fourth-order valence-corrected chi connectivity index (χ4v) is 4.65. The highest BCUT2D eigenvalue weighted by Crippen LogP contribution is 2.36. The van der Waals surface area contributed by atoms with E-state index in [1.54, 1.807) is 15.3 Å². The number of carbonyl (C=O) groups is 2. The maximum absolute atomic E-state index is 10.8. The second-order valence-electron chi connectivity index (χ2n) is 7.13. The molecule has 158 valence electrons. The molecule has 0 saturated heterocycles. The zero-order chi connectivity index (χ0) is 21.1. The number of aryl methyl sites for hydroxylation is 1. The van der Waals surface area contributed by atoms with Crippen molar-refractivity contribution in [3.8, 4) is 0 Å². The summed E-state index contributed by atoms with van der Waals surface area (Å²) in [6.07, 6.45) is 6.97. The topological polar surface area (TPSA) is 58.6 Å². The van der Waals surface area contributed by atoms with E-state index >= 15 is 0 Å². The number of esters is 1. The van der Waals surface area contributed by atoms with Crippen LogP contribution >= 0.6 is 11.3 Å². The SMILES string of the molecule is CC(=O)OCCN(C=O)CCc1ccccc1.CNc1sc2c(c1C)CCCC2. The van der Waals surface area contributed by atoms with Crippen molar-refractivity contribution in [1.82, 2.24) is 4.90 Å². The summed E-state index contributed by atoms with van der Waals surface area (Å²) in [5, 5.41) is 4.65. The number of nitrogens with zero attached hydrogens (tertiary/aromatic N) is 1. The van der Waals surface area contributed by atoms with E-state index in [2.05, 4.69) is 12.2 Å². The monoisotopic (exact) mass is 416 g/mol. The third-order valence-electron chi connectivity index (χ3n) is 5.03. The largest absolute Gasteiger partial charge is 0.464 e. The van der Waals surface area contributed by atoms with Gasteiger partial charge in [-0.25, -0.2) is 0 Å². The van der Waals surface area contributed by atoms with Gasteiger partial charge in [-0.3, -0.25) is 9.59 Å². The first-order valence-corrected chi connectivity index (χ1v) is 11.0. The lowest BCUT2D eigenvalue weighted by Crippen LogP contribution is -2.28. The predicted octanol–water partition coefficient (Wildman–Crippen LogP) is 4.23. The third kappa shape index (κ3) is 7.54. The molecule has 0 atom stereocenters. The van der Waals surface area contributed by atoms with Crippen LogP contribution < -0.4 is 5.32 Å². The van der Waals surface area contributed by atoms with E-state index in [0.29, 0.717) is 13.1 Å². The first-order chi connectivity index (χ1) is 14.0. The van der Waals surface area contributed by atoms with Crippen molar-refractivity contribution in [2.24, 2.45) is 0 Å². The lowest BCUT2D eigenvalue weighted by atomic mass is 9.96. The summed E-state index contributed by atoms with van der Waals surface area (Å²) < 4.78 is 4.79. The molecule has 0 saturated carbocycles. The molecule has 0 unspecified atom stereocenters. The van der Waals surface area contributed by atoms with Crippen molar-refractivity contribution in [1.29, 1.82) is 0 Å².